The molecule has 1 fully saturated rings. The highest BCUT2D eigenvalue weighted by atomic mass is 79.9. The van der Waals surface area contributed by atoms with Crippen molar-refractivity contribution in [3.8, 4) is 28.7 Å². The molecule has 242 valence electrons. The fraction of sp³-hybridized carbons (Fsp3) is 0.194. The van der Waals surface area contributed by atoms with Gasteiger partial charge in [-0.3, -0.25) is 14.9 Å². The molecule has 5 rings (SSSR count). The molecule has 1 aliphatic rings. The first kappa shape index (κ1) is 33.1. The number of barbiturate groups is 1. The minimum absolute atomic E-state index is 0.189. The van der Waals surface area contributed by atoms with E-state index in [9.17, 15) is 14.4 Å². The fourth-order valence-corrected chi connectivity index (χ4v) is 5.37. The number of ether oxygens (including phenoxy) is 5. The maximum atomic E-state index is 13.4. The molecule has 0 atom stereocenters. The van der Waals surface area contributed by atoms with Crippen molar-refractivity contribution in [1.29, 1.82) is 0 Å². The number of benzene rings is 4. The van der Waals surface area contributed by atoms with Gasteiger partial charge >= 0.3 is 6.03 Å². The van der Waals surface area contributed by atoms with Gasteiger partial charge in [-0.2, -0.15) is 0 Å². The zero-order valence-corrected chi connectivity index (χ0v) is 27.7. The van der Waals surface area contributed by atoms with E-state index in [-0.39, 0.29) is 12.2 Å². The summed E-state index contributed by atoms with van der Waals surface area (Å²) < 4.78 is 29.6. The Bertz CT molecular complexity index is 1790. The van der Waals surface area contributed by atoms with Crippen LogP contribution in [0.15, 0.2) is 95.0 Å². The molecule has 10 nitrogen and oxygen atoms in total. The van der Waals surface area contributed by atoms with Gasteiger partial charge in [0.25, 0.3) is 11.8 Å². The third-order valence-electron chi connectivity index (χ3n) is 7.00. The van der Waals surface area contributed by atoms with Crippen molar-refractivity contribution in [3.63, 3.8) is 0 Å². The van der Waals surface area contributed by atoms with Gasteiger partial charge in [0, 0.05) is 0 Å². The summed E-state index contributed by atoms with van der Waals surface area (Å²) in [5.74, 6) is 1.03. The molecule has 4 aromatic rings. The first-order chi connectivity index (χ1) is 22.8. The Morgan fingerprint density at radius 1 is 0.745 bits per heavy atom. The summed E-state index contributed by atoms with van der Waals surface area (Å²) in [4.78, 5) is 39.7. The maximum Gasteiger partial charge on any atom is 0.335 e. The van der Waals surface area contributed by atoms with Crippen LogP contribution in [0.2, 0.25) is 0 Å². The van der Waals surface area contributed by atoms with Crippen LogP contribution in [0, 0.1) is 0 Å². The number of methoxy groups -OCH3 is 1. The van der Waals surface area contributed by atoms with E-state index in [0.717, 1.165) is 16.0 Å². The Balaban J connectivity index is 1.33. The first-order valence-corrected chi connectivity index (χ1v) is 15.7. The summed E-state index contributed by atoms with van der Waals surface area (Å²) in [7, 11) is 1.49. The predicted octanol–water partition coefficient (Wildman–Crippen LogP) is 7.08. The van der Waals surface area contributed by atoms with Crippen molar-refractivity contribution in [3.05, 3.63) is 112 Å². The van der Waals surface area contributed by atoms with E-state index in [2.05, 4.69) is 21.2 Å². The number of carbonyl (C=O) groups is 3. The van der Waals surface area contributed by atoms with Crippen LogP contribution in [0.3, 0.4) is 0 Å². The monoisotopic (exact) mass is 700 g/mol. The third kappa shape index (κ3) is 7.93. The van der Waals surface area contributed by atoms with Gasteiger partial charge in [-0.25, -0.2) is 9.69 Å². The largest absolute Gasteiger partial charge is 0.494 e. The Labute approximate surface area is 281 Å². The number of rotatable bonds is 13. The van der Waals surface area contributed by atoms with Crippen molar-refractivity contribution >= 4 is 45.5 Å². The fourth-order valence-electron chi connectivity index (χ4n) is 4.80. The summed E-state index contributed by atoms with van der Waals surface area (Å²) in [5, 5.41) is 2.24. The van der Waals surface area contributed by atoms with E-state index in [1.54, 1.807) is 36.4 Å². The highest BCUT2D eigenvalue weighted by Gasteiger charge is 2.37. The molecule has 4 aromatic carbocycles. The normalized spacial score (nSPS) is 13.7. The van der Waals surface area contributed by atoms with Crippen molar-refractivity contribution in [2.45, 2.75) is 27.1 Å². The van der Waals surface area contributed by atoms with Gasteiger partial charge in [0.1, 0.15) is 24.5 Å². The summed E-state index contributed by atoms with van der Waals surface area (Å²) in [6, 6.07) is 24.4. The van der Waals surface area contributed by atoms with Gasteiger partial charge in [0.2, 0.25) is 0 Å². The summed E-state index contributed by atoms with van der Waals surface area (Å²) in [6.45, 7) is 5.30. The quantitative estimate of drug-likeness (QED) is 0.116. The van der Waals surface area contributed by atoms with Crippen LogP contribution < -0.4 is 33.9 Å². The van der Waals surface area contributed by atoms with Crippen LogP contribution >= 0.6 is 15.9 Å². The Hall–Kier alpha value is -5.29. The molecule has 0 spiro atoms. The zero-order chi connectivity index (χ0) is 33.3. The number of halogens is 1. The lowest BCUT2D eigenvalue weighted by Gasteiger charge is -2.26. The molecule has 0 aliphatic carbocycles. The number of carbonyl (C=O) groups excluding carboxylic acids is 3. The Morgan fingerprint density at radius 3 is 2.17 bits per heavy atom. The number of urea groups is 1. The molecule has 1 saturated heterocycles. The van der Waals surface area contributed by atoms with Gasteiger partial charge in [0.15, 0.2) is 23.0 Å². The Kier molecular flexibility index (Phi) is 10.8. The second kappa shape index (κ2) is 15.3. The lowest BCUT2D eigenvalue weighted by Crippen LogP contribution is -2.54. The Morgan fingerprint density at radius 2 is 1.47 bits per heavy atom. The van der Waals surface area contributed by atoms with E-state index < -0.39 is 17.8 Å². The van der Waals surface area contributed by atoms with E-state index in [0.29, 0.717) is 64.3 Å². The molecule has 11 heteroatoms. The summed E-state index contributed by atoms with van der Waals surface area (Å²) in [5.41, 5.74) is 2.42. The second-order valence-corrected chi connectivity index (χ2v) is 11.1. The van der Waals surface area contributed by atoms with E-state index in [4.69, 9.17) is 23.7 Å². The van der Waals surface area contributed by atoms with Crippen molar-refractivity contribution in [2.75, 3.05) is 25.2 Å². The van der Waals surface area contributed by atoms with Crippen LogP contribution in [0.25, 0.3) is 6.08 Å². The molecule has 0 saturated carbocycles. The molecule has 4 amide bonds. The van der Waals surface area contributed by atoms with Crippen molar-refractivity contribution in [2.24, 2.45) is 0 Å². The molecule has 1 heterocycles. The molecule has 0 radical (unpaired) electrons. The molecule has 0 aromatic heterocycles. The standard InChI is InChI=1S/C36H33BrN2O8/c1-4-44-27-14-12-26(13-15-27)39-35(41)28(34(40)38-36(39)42)17-25-18-29(37)33(32(20-25)43-3)47-22-24-11-16-30(31(19-24)45-5-2)46-21-23-9-7-6-8-10-23/h6-20H,4-5,21-22H2,1-3H3,(H,38,40,42)/b28-17+. The SMILES string of the molecule is CCOc1ccc(N2C(=O)NC(=O)/C(=C\c3cc(Br)c(OCc4ccc(OCc5ccccc5)c(OCC)c4)c(OC)c3)C2=O)cc1. The van der Waals surface area contributed by atoms with Crippen LogP contribution in [0.1, 0.15) is 30.5 Å². The number of hydrogen-bond acceptors (Lipinski definition) is 8. The lowest BCUT2D eigenvalue weighted by atomic mass is 10.1. The van der Waals surface area contributed by atoms with Gasteiger partial charge in [-0.1, -0.05) is 36.4 Å². The van der Waals surface area contributed by atoms with Crippen LogP contribution in [0.5, 0.6) is 28.7 Å². The van der Waals surface area contributed by atoms with Gasteiger partial charge in [0.05, 0.1) is 30.5 Å². The predicted molar refractivity (Wildman–Crippen MR) is 180 cm³/mol. The highest BCUT2D eigenvalue weighted by molar-refractivity contribution is 9.10. The second-order valence-electron chi connectivity index (χ2n) is 10.2. The average molecular weight is 702 g/mol. The molecule has 1 N–H and O–H groups in total. The van der Waals surface area contributed by atoms with Crippen molar-refractivity contribution < 1.29 is 38.1 Å². The molecular formula is C36H33BrN2O8. The zero-order valence-electron chi connectivity index (χ0n) is 26.1. The topological polar surface area (TPSA) is 113 Å². The first-order valence-electron chi connectivity index (χ1n) is 14.9. The van der Waals surface area contributed by atoms with Crippen LogP contribution in [-0.2, 0) is 22.8 Å². The smallest absolute Gasteiger partial charge is 0.335 e. The van der Waals surface area contributed by atoms with Crippen molar-refractivity contribution in [1.82, 2.24) is 5.32 Å². The summed E-state index contributed by atoms with van der Waals surface area (Å²) in [6.07, 6.45) is 1.39. The number of hydrogen-bond donors (Lipinski definition) is 1. The minimum atomic E-state index is -0.841. The van der Waals surface area contributed by atoms with E-state index >= 15 is 0 Å². The van der Waals surface area contributed by atoms with Crippen LogP contribution in [-0.4, -0.2) is 38.2 Å². The third-order valence-corrected chi connectivity index (χ3v) is 7.59. The lowest BCUT2D eigenvalue weighted by molar-refractivity contribution is -0.122. The van der Waals surface area contributed by atoms with E-state index in [1.807, 2.05) is 62.4 Å². The minimum Gasteiger partial charge on any atom is -0.494 e. The molecule has 0 unspecified atom stereocenters. The number of imide groups is 2. The van der Waals surface area contributed by atoms with Gasteiger partial charge in [-0.15, -0.1) is 0 Å². The average Bonchev–Trinajstić information content (AvgIpc) is 3.07. The summed E-state index contributed by atoms with van der Waals surface area (Å²) >= 11 is 3.54. The number of anilines is 1. The number of nitrogens with zero attached hydrogens (tertiary/aromatic N) is 1. The number of nitrogens with one attached hydrogen (secondary N) is 1. The molecular weight excluding hydrogens is 668 g/mol. The molecule has 1 aliphatic heterocycles. The molecule has 0 bridgehead atoms. The highest BCUT2D eigenvalue weighted by Crippen LogP contribution is 2.39. The van der Waals surface area contributed by atoms with Gasteiger partial charge < -0.3 is 23.7 Å². The van der Waals surface area contributed by atoms with Gasteiger partial charge in [-0.05, 0) is 101 Å². The maximum absolute atomic E-state index is 13.4. The number of amides is 4. The van der Waals surface area contributed by atoms with Crippen LogP contribution in [0.4, 0.5) is 10.5 Å². The molecule has 47 heavy (non-hydrogen) atoms. The van der Waals surface area contributed by atoms with E-state index in [1.165, 1.54) is 13.2 Å².